The highest BCUT2D eigenvalue weighted by molar-refractivity contribution is 6.24. The number of nitrogens with zero attached hydrogens (tertiary/aromatic N) is 6. The molecule has 1 aromatic heterocycles. The highest BCUT2D eigenvalue weighted by Crippen LogP contribution is 2.45. The predicted octanol–water partition coefficient (Wildman–Crippen LogP) is 7.21. The molecule has 5 rings (SSSR count). The molecule has 1 aliphatic heterocycles. The van der Waals surface area contributed by atoms with Gasteiger partial charge in [-0.3, -0.25) is 14.6 Å². The number of amides is 2. The first-order valence-corrected chi connectivity index (χ1v) is 18.0. The Morgan fingerprint density at radius 2 is 1.67 bits per heavy atom. The molecule has 0 atom stereocenters. The predicted molar refractivity (Wildman–Crippen MR) is 193 cm³/mol. The van der Waals surface area contributed by atoms with Crippen molar-refractivity contribution in [3.8, 4) is 11.3 Å². The van der Waals surface area contributed by atoms with Crippen LogP contribution >= 0.6 is 0 Å². The highest BCUT2D eigenvalue weighted by Gasteiger charge is 2.53. The normalized spacial score (nSPS) is 16.4. The number of methoxy groups -OCH3 is 1. The molecule has 2 aromatic carbocycles. The zero-order valence-corrected chi connectivity index (χ0v) is 31.9. The first kappa shape index (κ1) is 43.2. The fourth-order valence-electron chi connectivity index (χ4n) is 7.15. The van der Waals surface area contributed by atoms with Crippen molar-refractivity contribution in [2.24, 2.45) is 0 Å². The van der Waals surface area contributed by atoms with Crippen LogP contribution in [-0.4, -0.2) is 101 Å². The van der Waals surface area contributed by atoms with Crippen LogP contribution in [0.15, 0.2) is 54.1 Å². The van der Waals surface area contributed by atoms with Crippen LogP contribution in [0.2, 0.25) is 0 Å². The Morgan fingerprint density at radius 1 is 0.982 bits per heavy atom. The second-order valence-electron chi connectivity index (χ2n) is 14.3. The summed E-state index contributed by atoms with van der Waals surface area (Å²) >= 11 is 0. The lowest BCUT2D eigenvalue weighted by Gasteiger charge is -2.48. The Kier molecular flexibility index (Phi) is 12.8. The van der Waals surface area contributed by atoms with Crippen LogP contribution in [0.1, 0.15) is 56.4 Å². The van der Waals surface area contributed by atoms with Crippen molar-refractivity contribution >= 4 is 23.2 Å². The standard InChI is InChI=1S/C38H43F8N7O4/c1-22(2)52(15-14-50(3)16-17-57-5)28-11-8-23(31(39)32(28)40)20-53-35(56)30(33(54)36(51(53)4)12-6-7-13-36)34(55)49-26-10-9-24(37(41,42)43)18-25(26)27-19-29(38(44,45)46)48-21-47-27/h8-11,18-19,21-22,54H,6-7,12-17,20H2,1-5H3,(H,49,55). The molecule has 2 amide bonds. The number of aromatic nitrogens is 2. The Bertz CT molecular complexity index is 2000. The molecule has 0 radical (unpaired) electrons. The van der Waals surface area contributed by atoms with Crippen molar-refractivity contribution in [3.63, 3.8) is 0 Å². The summed E-state index contributed by atoms with van der Waals surface area (Å²) in [5, 5.41) is 16.3. The number of carbonyl (C=O) groups excluding carboxylic acids is 2. The number of halogens is 8. The molecule has 57 heavy (non-hydrogen) atoms. The third-order valence-corrected chi connectivity index (χ3v) is 10.4. The lowest BCUT2D eigenvalue weighted by atomic mass is 9.88. The van der Waals surface area contributed by atoms with Gasteiger partial charge < -0.3 is 25.0 Å². The van der Waals surface area contributed by atoms with Gasteiger partial charge in [-0.2, -0.15) is 26.3 Å². The maximum atomic E-state index is 16.0. The maximum Gasteiger partial charge on any atom is 0.433 e. The molecule has 0 saturated heterocycles. The van der Waals surface area contributed by atoms with E-state index in [-0.39, 0.29) is 30.1 Å². The number of hydrogen-bond donors (Lipinski definition) is 2. The zero-order chi connectivity index (χ0) is 42.0. The van der Waals surface area contributed by atoms with Gasteiger partial charge in [0.15, 0.2) is 11.6 Å². The monoisotopic (exact) mass is 813 g/mol. The van der Waals surface area contributed by atoms with Crippen molar-refractivity contribution in [3.05, 3.63) is 82.5 Å². The van der Waals surface area contributed by atoms with E-state index in [4.69, 9.17) is 4.74 Å². The largest absolute Gasteiger partial charge is 0.509 e. The van der Waals surface area contributed by atoms with Gasteiger partial charge in [0.2, 0.25) is 0 Å². The maximum absolute atomic E-state index is 16.0. The van der Waals surface area contributed by atoms with Gasteiger partial charge >= 0.3 is 12.4 Å². The van der Waals surface area contributed by atoms with E-state index < -0.39 is 87.4 Å². The molecule has 1 spiro atoms. The fourth-order valence-corrected chi connectivity index (χ4v) is 7.15. The number of nitrogens with one attached hydrogen (secondary N) is 1. The van der Waals surface area contributed by atoms with E-state index in [9.17, 15) is 41.0 Å². The summed E-state index contributed by atoms with van der Waals surface area (Å²) in [6.45, 7) is 5.05. The molecule has 19 heteroatoms. The minimum absolute atomic E-state index is 0.00651. The quantitative estimate of drug-likeness (QED) is 0.137. The van der Waals surface area contributed by atoms with E-state index in [1.165, 1.54) is 24.2 Å². The number of carbonyl (C=O) groups is 2. The van der Waals surface area contributed by atoms with E-state index >= 15 is 8.78 Å². The number of hydrazine groups is 1. The van der Waals surface area contributed by atoms with Crippen molar-refractivity contribution in [2.45, 2.75) is 70.0 Å². The molecule has 0 unspecified atom stereocenters. The summed E-state index contributed by atoms with van der Waals surface area (Å²) in [6.07, 6.45) is -7.87. The molecule has 310 valence electrons. The lowest BCUT2D eigenvalue weighted by Crippen LogP contribution is -2.62. The third-order valence-electron chi connectivity index (χ3n) is 10.4. The topological polar surface area (TPSA) is 114 Å². The minimum atomic E-state index is -4.99. The summed E-state index contributed by atoms with van der Waals surface area (Å²) in [5.41, 5.74) is -6.87. The van der Waals surface area contributed by atoms with E-state index in [0.29, 0.717) is 63.6 Å². The van der Waals surface area contributed by atoms with Crippen molar-refractivity contribution < 1.29 is 54.6 Å². The Labute approximate surface area is 323 Å². The fraction of sp³-hybridized carbons (Fsp3) is 0.474. The first-order chi connectivity index (χ1) is 26.7. The number of rotatable bonds is 13. The first-order valence-electron chi connectivity index (χ1n) is 18.0. The summed E-state index contributed by atoms with van der Waals surface area (Å²) in [5.74, 6) is -5.51. The Hall–Kier alpha value is -4.88. The van der Waals surface area contributed by atoms with Gasteiger partial charge in [0.25, 0.3) is 11.8 Å². The molecular weight excluding hydrogens is 770 g/mol. The smallest absolute Gasteiger partial charge is 0.433 e. The van der Waals surface area contributed by atoms with Crippen molar-refractivity contribution in [1.29, 1.82) is 0 Å². The molecule has 1 saturated carbocycles. The third kappa shape index (κ3) is 8.99. The van der Waals surface area contributed by atoms with Gasteiger partial charge in [0, 0.05) is 51.0 Å². The van der Waals surface area contributed by atoms with Gasteiger partial charge in [-0.1, -0.05) is 18.9 Å². The number of benzene rings is 2. The number of aliphatic hydroxyl groups is 1. The van der Waals surface area contributed by atoms with Gasteiger partial charge in [-0.05, 0) is 64.1 Å². The van der Waals surface area contributed by atoms with Gasteiger partial charge in [0.1, 0.15) is 23.4 Å². The molecule has 3 aromatic rings. The number of likely N-dealkylation sites (N-methyl/N-ethyl adjacent to an activating group) is 2. The average Bonchev–Trinajstić information content (AvgIpc) is 3.65. The van der Waals surface area contributed by atoms with Crippen LogP contribution in [0.25, 0.3) is 11.3 Å². The summed E-state index contributed by atoms with van der Waals surface area (Å²) < 4.78 is 119. The number of aliphatic hydroxyl groups excluding tert-OH is 1. The molecule has 2 aliphatic rings. The Morgan fingerprint density at radius 3 is 2.28 bits per heavy atom. The van der Waals surface area contributed by atoms with Gasteiger partial charge in [-0.15, -0.1) is 0 Å². The van der Waals surface area contributed by atoms with Crippen LogP contribution in [0.3, 0.4) is 0 Å². The van der Waals surface area contributed by atoms with E-state index in [2.05, 4.69) is 15.3 Å². The average molecular weight is 814 g/mol. The minimum Gasteiger partial charge on any atom is -0.509 e. The van der Waals surface area contributed by atoms with Gasteiger partial charge in [0.05, 0.1) is 41.3 Å². The molecular formula is C38H43F8N7O4. The molecule has 1 fully saturated rings. The highest BCUT2D eigenvalue weighted by atomic mass is 19.4. The van der Waals surface area contributed by atoms with Crippen LogP contribution in [0.4, 0.5) is 46.5 Å². The molecule has 2 N–H and O–H groups in total. The lowest BCUT2D eigenvalue weighted by molar-refractivity contribution is -0.163. The SMILES string of the molecule is COCCN(C)CCN(c1ccc(CN2C(=O)C(C(=O)Nc3ccc(C(F)(F)F)cc3-c3cc(C(F)(F)F)ncn3)=C(O)C3(CCCC3)N2C)c(F)c1F)C(C)C. The number of ether oxygens (including phenoxy) is 1. The summed E-state index contributed by atoms with van der Waals surface area (Å²) in [4.78, 5) is 38.7. The van der Waals surface area contributed by atoms with Crippen LogP contribution < -0.4 is 10.2 Å². The Balaban J connectivity index is 1.50. The van der Waals surface area contributed by atoms with E-state index in [0.717, 1.165) is 11.1 Å². The van der Waals surface area contributed by atoms with Crippen LogP contribution in [-0.2, 0) is 33.2 Å². The van der Waals surface area contributed by atoms with Crippen LogP contribution in [0, 0.1) is 11.6 Å². The van der Waals surface area contributed by atoms with Crippen LogP contribution in [0.5, 0.6) is 0 Å². The number of hydrogen-bond acceptors (Lipinski definition) is 9. The second-order valence-corrected chi connectivity index (χ2v) is 14.3. The van der Waals surface area contributed by atoms with Crippen molar-refractivity contribution in [2.75, 3.05) is 57.7 Å². The summed E-state index contributed by atoms with van der Waals surface area (Å²) in [6, 6.07) is 4.73. The molecule has 0 bridgehead atoms. The zero-order valence-electron chi connectivity index (χ0n) is 31.9. The molecule has 1 aliphatic carbocycles. The van der Waals surface area contributed by atoms with E-state index in [1.54, 1.807) is 12.0 Å². The molecule has 2 heterocycles. The van der Waals surface area contributed by atoms with Crippen molar-refractivity contribution in [1.82, 2.24) is 24.9 Å². The van der Waals surface area contributed by atoms with E-state index in [1.807, 2.05) is 25.8 Å². The summed E-state index contributed by atoms with van der Waals surface area (Å²) in [7, 11) is 4.90. The number of anilines is 2. The second kappa shape index (κ2) is 16.9. The van der Waals surface area contributed by atoms with Gasteiger partial charge in [-0.25, -0.2) is 23.8 Å². The molecule has 11 nitrogen and oxygen atoms in total. The number of alkyl halides is 6.